The third-order valence-electron chi connectivity index (χ3n) is 2.16. The van der Waals surface area contributed by atoms with Crippen molar-refractivity contribution in [3.63, 3.8) is 0 Å². The van der Waals surface area contributed by atoms with E-state index in [-0.39, 0.29) is 27.2 Å². The van der Waals surface area contributed by atoms with E-state index in [0.29, 0.717) is 5.02 Å². The van der Waals surface area contributed by atoms with E-state index in [1.54, 1.807) is 0 Å². The van der Waals surface area contributed by atoms with Crippen LogP contribution < -0.4 is 4.74 Å². The van der Waals surface area contributed by atoms with E-state index < -0.39 is 5.97 Å². The molecule has 0 saturated carbocycles. The van der Waals surface area contributed by atoms with E-state index in [1.165, 1.54) is 30.5 Å². The van der Waals surface area contributed by atoms with Gasteiger partial charge in [0.05, 0.1) is 15.6 Å². The Morgan fingerprint density at radius 3 is 2.53 bits per heavy atom. The third kappa shape index (κ3) is 3.29. The monoisotopic (exact) mass is 317 g/mol. The second-order valence-corrected chi connectivity index (χ2v) is 4.74. The van der Waals surface area contributed by atoms with E-state index >= 15 is 0 Å². The molecule has 19 heavy (non-hydrogen) atoms. The van der Waals surface area contributed by atoms with Gasteiger partial charge in [0.25, 0.3) is 0 Å². The van der Waals surface area contributed by atoms with Crippen molar-refractivity contribution in [3.8, 4) is 11.6 Å². The van der Waals surface area contributed by atoms with Crippen LogP contribution in [0.1, 0.15) is 10.4 Å². The topological polar surface area (TPSA) is 59.4 Å². The molecular formula is C12H6Cl3NO3. The lowest BCUT2D eigenvalue weighted by Gasteiger charge is -2.08. The zero-order chi connectivity index (χ0) is 14.0. The molecule has 0 aliphatic rings. The SMILES string of the molecule is O=C(O)c1cc(Oc2ncc(Cl)cc2Cl)ccc1Cl. The zero-order valence-corrected chi connectivity index (χ0v) is 11.5. The van der Waals surface area contributed by atoms with Gasteiger partial charge in [0, 0.05) is 6.20 Å². The minimum atomic E-state index is -1.15. The number of nitrogens with zero attached hydrogens (tertiary/aromatic N) is 1. The molecule has 0 atom stereocenters. The first-order chi connectivity index (χ1) is 8.97. The first kappa shape index (κ1) is 13.9. The van der Waals surface area contributed by atoms with Crippen LogP contribution in [-0.4, -0.2) is 16.1 Å². The summed E-state index contributed by atoms with van der Waals surface area (Å²) in [7, 11) is 0. The first-order valence-electron chi connectivity index (χ1n) is 4.99. The molecule has 1 aromatic carbocycles. The minimum Gasteiger partial charge on any atom is -0.478 e. The van der Waals surface area contributed by atoms with Gasteiger partial charge in [0.15, 0.2) is 0 Å². The van der Waals surface area contributed by atoms with Crippen LogP contribution in [0.25, 0.3) is 0 Å². The first-order valence-corrected chi connectivity index (χ1v) is 6.12. The Morgan fingerprint density at radius 2 is 1.89 bits per heavy atom. The highest BCUT2D eigenvalue weighted by Crippen LogP contribution is 2.30. The zero-order valence-electron chi connectivity index (χ0n) is 9.23. The Kier molecular flexibility index (Phi) is 4.14. The number of pyridine rings is 1. The molecule has 0 aliphatic heterocycles. The normalized spacial score (nSPS) is 10.3. The van der Waals surface area contributed by atoms with Crippen LogP contribution >= 0.6 is 34.8 Å². The highest BCUT2D eigenvalue weighted by Gasteiger charge is 2.12. The number of carboxylic acid groups (broad SMARTS) is 1. The molecule has 2 aromatic rings. The average molecular weight is 319 g/mol. The summed E-state index contributed by atoms with van der Waals surface area (Å²) in [4.78, 5) is 14.8. The lowest BCUT2D eigenvalue weighted by atomic mass is 10.2. The van der Waals surface area contributed by atoms with E-state index in [4.69, 9.17) is 44.6 Å². The molecule has 0 spiro atoms. The summed E-state index contributed by atoms with van der Waals surface area (Å²) in [6, 6.07) is 5.70. The van der Waals surface area contributed by atoms with Crippen molar-refractivity contribution in [3.05, 3.63) is 51.1 Å². The van der Waals surface area contributed by atoms with Gasteiger partial charge in [0.1, 0.15) is 10.8 Å². The van der Waals surface area contributed by atoms with E-state index in [1.807, 2.05) is 0 Å². The third-order valence-corrected chi connectivity index (χ3v) is 2.96. The molecule has 0 bridgehead atoms. The minimum absolute atomic E-state index is 0.0655. The van der Waals surface area contributed by atoms with Crippen molar-refractivity contribution < 1.29 is 14.6 Å². The Balaban J connectivity index is 2.33. The number of hydrogen-bond donors (Lipinski definition) is 1. The predicted octanol–water partition coefficient (Wildman–Crippen LogP) is 4.53. The molecule has 98 valence electrons. The molecule has 1 heterocycles. The molecule has 1 aromatic heterocycles. The van der Waals surface area contributed by atoms with Crippen molar-refractivity contribution in [2.45, 2.75) is 0 Å². The standard InChI is InChI=1S/C12H6Cl3NO3/c13-6-3-10(15)11(16-5-6)19-7-1-2-9(14)8(4-7)12(17)18/h1-5H,(H,17,18). The maximum atomic E-state index is 10.9. The lowest BCUT2D eigenvalue weighted by Crippen LogP contribution is -1.98. The number of rotatable bonds is 3. The largest absolute Gasteiger partial charge is 0.478 e. The van der Waals surface area contributed by atoms with Crippen LogP contribution in [0.2, 0.25) is 15.1 Å². The Bertz CT molecular complexity index is 646. The number of ether oxygens (including phenoxy) is 1. The number of aromatic nitrogens is 1. The molecule has 0 unspecified atom stereocenters. The summed E-state index contributed by atoms with van der Waals surface area (Å²) in [5.74, 6) is -0.756. The highest BCUT2D eigenvalue weighted by atomic mass is 35.5. The molecule has 4 nitrogen and oxygen atoms in total. The Hall–Kier alpha value is -1.49. The van der Waals surface area contributed by atoms with Crippen LogP contribution in [0.4, 0.5) is 0 Å². The van der Waals surface area contributed by atoms with Gasteiger partial charge >= 0.3 is 5.97 Å². The second kappa shape index (κ2) is 5.65. The van der Waals surface area contributed by atoms with Crippen molar-refractivity contribution in [1.82, 2.24) is 4.98 Å². The summed E-state index contributed by atoms with van der Waals surface area (Å²) < 4.78 is 5.39. The fraction of sp³-hybridized carbons (Fsp3) is 0. The van der Waals surface area contributed by atoms with Crippen LogP contribution in [0.3, 0.4) is 0 Å². The van der Waals surface area contributed by atoms with E-state index in [2.05, 4.69) is 4.98 Å². The number of benzene rings is 1. The quantitative estimate of drug-likeness (QED) is 0.903. The summed E-state index contributed by atoms with van der Waals surface area (Å²) in [6.45, 7) is 0. The van der Waals surface area contributed by atoms with Gasteiger partial charge < -0.3 is 9.84 Å². The molecular weight excluding hydrogens is 312 g/mol. The Labute approximate surface area is 123 Å². The number of carbonyl (C=O) groups is 1. The number of aromatic carboxylic acids is 1. The average Bonchev–Trinajstić information content (AvgIpc) is 2.34. The summed E-state index contributed by atoms with van der Waals surface area (Å²) in [6.07, 6.45) is 1.37. The smallest absolute Gasteiger partial charge is 0.337 e. The molecule has 0 saturated heterocycles. The van der Waals surface area contributed by atoms with Gasteiger partial charge in [-0.25, -0.2) is 9.78 Å². The number of hydrogen-bond acceptors (Lipinski definition) is 3. The van der Waals surface area contributed by atoms with Crippen molar-refractivity contribution in [1.29, 1.82) is 0 Å². The van der Waals surface area contributed by atoms with Crippen LogP contribution in [0, 0.1) is 0 Å². The summed E-state index contributed by atoms with van der Waals surface area (Å²) in [5, 5.41) is 9.66. The maximum Gasteiger partial charge on any atom is 0.337 e. The number of halogens is 3. The van der Waals surface area contributed by atoms with Gasteiger partial charge in [-0.15, -0.1) is 0 Å². The fourth-order valence-corrected chi connectivity index (χ4v) is 1.94. The molecule has 0 amide bonds. The molecule has 0 fully saturated rings. The number of carboxylic acids is 1. The predicted molar refractivity (Wildman–Crippen MR) is 72.7 cm³/mol. The van der Waals surface area contributed by atoms with Crippen molar-refractivity contribution in [2.75, 3.05) is 0 Å². The van der Waals surface area contributed by atoms with Gasteiger partial charge in [-0.2, -0.15) is 0 Å². The van der Waals surface area contributed by atoms with Crippen molar-refractivity contribution >= 4 is 40.8 Å². The molecule has 1 N–H and O–H groups in total. The maximum absolute atomic E-state index is 10.9. The highest BCUT2D eigenvalue weighted by molar-refractivity contribution is 6.35. The second-order valence-electron chi connectivity index (χ2n) is 3.49. The summed E-state index contributed by atoms with van der Waals surface area (Å²) in [5.41, 5.74) is -0.0655. The van der Waals surface area contributed by atoms with Crippen LogP contribution in [0.5, 0.6) is 11.6 Å². The van der Waals surface area contributed by atoms with Crippen LogP contribution in [-0.2, 0) is 0 Å². The molecule has 7 heteroatoms. The van der Waals surface area contributed by atoms with Gasteiger partial charge in [-0.05, 0) is 24.3 Å². The van der Waals surface area contributed by atoms with Gasteiger partial charge in [-0.1, -0.05) is 34.8 Å². The Morgan fingerprint density at radius 1 is 1.16 bits per heavy atom. The van der Waals surface area contributed by atoms with Gasteiger partial charge in [0.2, 0.25) is 5.88 Å². The molecule has 0 aliphatic carbocycles. The van der Waals surface area contributed by atoms with Gasteiger partial charge in [-0.3, -0.25) is 0 Å². The van der Waals surface area contributed by atoms with Crippen LogP contribution in [0.15, 0.2) is 30.5 Å². The van der Waals surface area contributed by atoms with Crippen molar-refractivity contribution in [2.24, 2.45) is 0 Å². The molecule has 2 rings (SSSR count). The lowest BCUT2D eigenvalue weighted by molar-refractivity contribution is 0.0696. The van der Waals surface area contributed by atoms with E-state index in [9.17, 15) is 4.79 Å². The van der Waals surface area contributed by atoms with E-state index in [0.717, 1.165) is 0 Å². The molecule has 0 radical (unpaired) electrons. The fourth-order valence-electron chi connectivity index (χ4n) is 1.32. The summed E-state index contributed by atoms with van der Waals surface area (Å²) >= 11 is 17.4.